The maximum atomic E-state index is 12.2. The Balaban J connectivity index is 1.96. The van der Waals surface area contributed by atoms with Crippen molar-refractivity contribution in [3.05, 3.63) is 0 Å². The number of carbonyl (C=O) groups is 1. The molecule has 2 fully saturated rings. The van der Waals surface area contributed by atoms with E-state index >= 15 is 0 Å². The highest BCUT2D eigenvalue weighted by Gasteiger charge is 2.39. The van der Waals surface area contributed by atoms with Crippen molar-refractivity contribution in [2.45, 2.75) is 38.3 Å². The Morgan fingerprint density at radius 1 is 1.47 bits per heavy atom. The average molecular weight is 213 g/mol. The van der Waals surface area contributed by atoms with Crippen LogP contribution in [-0.4, -0.2) is 47.8 Å². The SMILES string of the molecule is CC1OCCC1C(=O)N(CCO)C1CC1. The summed E-state index contributed by atoms with van der Waals surface area (Å²) in [5.41, 5.74) is 0. The second-order valence-corrected chi connectivity index (χ2v) is 4.46. The molecule has 1 N–H and O–H groups in total. The minimum absolute atomic E-state index is 0.0112. The van der Waals surface area contributed by atoms with E-state index in [0.717, 1.165) is 19.3 Å². The maximum Gasteiger partial charge on any atom is 0.228 e. The van der Waals surface area contributed by atoms with E-state index in [1.54, 1.807) is 0 Å². The van der Waals surface area contributed by atoms with E-state index < -0.39 is 0 Å². The zero-order valence-corrected chi connectivity index (χ0v) is 9.19. The van der Waals surface area contributed by atoms with Gasteiger partial charge in [-0.2, -0.15) is 0 Å². The topological polar surface area (TPSA) is 49.8 Å². The highest BCUT2D eigenvalue weighted by Crippen LogP contribution is 2.31. The molecule has 0 radical (unpaired) electrons. The first kappa shape index (κ1) is 10.9. The van der Waals surface area contributed by atoms with Gasteiger partial charge in [0.05, 0.1) is 18.6 Å². The molecule has 0 bridgehead atoms. The van der Waals surface area contributed by atoms with Crippen LogP contribution in [0.4, 0.5) is 0 Å². The quantitative estimate of drug-likeness (QED) is 0.735. The fourth-order valence-electron chi connectivity index (χ4n) is 2.24. The molecule has 86 valence electrons. The second-order valence-electron chi connectivity index (χ2n) is 4.46. The molecule has 1 saturated carbocycles. The first-order valence-corrected chi connectivity index (χ1v) is 5.77. The van der Waals surface area contributed by atoms with Crippen molar-refractivity contribution >= 4 is 5.91 Å². The summed E-state index contributed by atoms with van der Waals surface area (Å²) in [6, 6.07) is 0.387. The van der Waals surface area contributed by atoms with Crippen LogP contribution in [-0.2, 0) is 9.53 Å². The predicted octanol–water partition coefficient (Wildman–Crippen LogP) is 0.395. The molecule has 1 aliphatic carbocycles. The lowest BCUT2D eigenvalue weighted by Crippen LogP contribution is -2.41. The number of hydrogen-bond donors (Lipinski definition) is 1. The van der Waals surface area contributed by atoms with Crippen LogP contribution in [0, 0.1) is 5.92 Å². The number of aliphatic hydroxyl groups excluding tert-OH is 1. The van der Waals surface area contributed by atoms with E-state index in [4.69, 9.17) is 9.84 Å². The molecule has 0 aromatic heterocycles. The van der Waals surface area contributed by atoms with Gasteiger partial charge in [0, 0.05) is 19.2 Å². The molecule has 1 saturated heterocycles. The summed E-state index contributed by atoms with van der Waals surface area (Å²) in [5.74, 6) is 0.189. The van der Waals surface area contributed by atoms with Crippen molar-refractivity contribution in [2.24, 2.45) is 5.92 Å². The molecule has 2 aliphatic rings. The lowest BCUT2D eigenvalue weighted by Gasteiger charge is -2.25. The van der Waals surface area contributed by atoms with Crippen molar-refractivity contribution in [3.63, 3.8) is 0 Å². The summed E-state index contributed by atoms with van der Waals surface area (Å²) in [6.45, 7) is 3.19. The third-order valence-corrected chi connectivity index (χ3v) is 3.31. The van der Waals surface area contributed by atoms with Gasteiger partial charge in [0.15, 0.2) is 0 Å². The Labute approximate surface area is 90.2 Å². The standard InChI is InChI=1S/C11H19NO3/c1-8-10(4-7-15-8)11(14)12(5-6-13)9-2-3-9/h8-10,13H,2-7H2,1H3. The van der Waals surface area contributed by atoms with Gasteiger partial charge in [-0.15, -0.1) is 0 Å². The molecule has 1 heterocycles. The zero-order chi connectivity index (χ0) is 10.8. The van der Waals surface area contributed by atoms with Crippen LogP contribution < -0.4 is 0 Å². The maximum absolute atomic E-state index is 12.2. The molecule has 0 aromatic carbocycles. The van der Waals surface area contributed by atoms with Gasteiger partial charge in [-0.1, -0.05) is 0 Å². The van der Waals surface area contributed by atoms with Crippen molar-refractivity contribution < 1.29 is 14.6 Å². The van der Waals surface area contributed by atoms with Gasteiger partial charge < -0.3 is 14.7 Å². The van der Waals surface area contributed by atoms with Crippen LogP contribution in [0.25, 0.3) is 0 Å². The number of ether oxygens (including phenoxy) is 1. The molecule has 4 nitrogen and oxygen atoms in total. The van der Waals surface area contributed by atoms with Crippen molar-refractivity contribution in [1.29, 1.82) is 0 Å². The smallest absolute Gasteiger partial charge is 0.228 e. The Morgan fingerprint density at radius 3 is 2.67 bits per heavy atom. The normalized spacial score (nSPS) is 30.5. The van der Waals surface area contributed by atoms with Crippen molar-refractivity contribution in [2.75, 3.05) is 19.8 Å². The largest absolute Gasteiger partial charge is 0.395 e. The summed E-state index contributed by atoms with van der Waals surface area (Å²) in [7, 11) is 0. The molecule has 0 spiro atoms. The van der Waals surface area contributed by atoms with Crippen molar-refractivity contribution in [1.82, 2.24) is 4.90 Å². The van der Waals surface area contributed by atoms with Gasteiger partial charge in [0.25, 0.3) is 0 Å². The summed E-state index contributed by atoms with van der Waals surface area (Å²) >= 11 is 0. The summed E-state index contributed by atoms with van der Waals surface area (Å²) in [5, 5.41) is 8.95. The molecule has 2 rings (SSSR count). The molecule has 4 heteroatoms. The van der Waals surface area contributed by atoms with Crippen LogP contribution >= 0.6 is 0 Å². The third-order valence-electron chi connectivity index (χ3n) is 3.31. The van der Waals surface area contributed by atoms with E-state index in [1.807, 2.05) is 11.8 Å². The van der Waals surface area contributed by atoms with Gasteiger partial charge in [-0.3, -0.25) is 4.79 Å². The lowest BCUT2D eigenvalue weighted by atomic mass is 10.0. The molecule has 2 atom stereocenters. The summed E-state index contributed by atoms with van der Waals surface area (Å²) in [4.78, 5) is 14.0. The summed E-state index contributed by atoms with van der Waals surface area (Å²) < 4.78 is 5.41. The van der Waals surface area contributed by atoms with Crippen molar-refractivity contribution in [3.8, 4) is 0 Å². The van der Waals surface area contributed by atoms with E-state index in [2.05, 4.69) is 0 Å². The Morgan fingerprint density at radius 2 is 2.20 bits per heavy atom. The molecule has 15 heavy (non-hydrogen) atoms. The van der Waals surface area contributed by atoms with Crippen LogP contribution in [0.1, 0.15) is 26.2 Å². The fourth-order valence-corrected chi connectivity index (χ4v) is 2.24. The average Bonchev–Trinajstić information content (AvgIpc) is 2.97. The van der Waals surface area contributed by atoms with Crippen LogP contribution in [0.3, 0.4) is 0 Å². The molecular formula is C11H19NO3. The Bertz CT molecular complexity index is 240. The highest BCUT2D eigenvalue weighted by molar-refractivity contribution is 5.80. The van der Waals surface area contributed by atoms with Gasteiger partial charge >= 0.3 is 0 Å². The monoisotopic (exact) mass is 213 g/mol. The minimum Gasteiger partial charge on any atom is -0.395 e. The van der Waals surface area contributed by atoms with Gasteiger partial charge in [-0.05, 0) is 26.2 Å². The van der Waals surface area contributed by atoms with E-state index in [9.17, 15) is 4.79 Å². The second kappa shape index (κ2) is 4.49. The molecule has 2 unspecified atom stereocenters. The molecule has 1 aliphatic heterocycles. The first-order valence-electron chi connectivity index (χ1n) is 5.77. The van der Waals surface area contributed by atoms with Gasteiger partial charge in [-0.25, -0.2) is 0 Å². The van der Waals surface area contributed by atoms with Crippen LogP contribution in [0.2, 0.25) is 0 Å². The summed E-state index contributed by atoms with van der Waals surface area (Å²) in [6.07, 6.45) is 3.05. The van der Waals surface area contributed by atoms with E-state index in [-0.39, 0.29) is 24.5 Å². The number of carbonyl (C=O) groups excluding carboxylic acids is 1. The number of nitrogens with zero attached hydrogens (tertiary/aromatic N) is 1. The van der Waals surface area contributed by atoms with Gasteiger partial charge in [0.2, 0.25) is 5.91 Å². The predicted molar refractivity (Wildman–Crippen MR) is 55.3 cm³/mol. The number of rotatable bonds is 4. The number of hydrogen-bond acceptors (Lipinski definition) is 3. The molecular weight excluding hydrogens is 194 g/mol. The first-order chi connectivity index (χ1) is 7.24. The van der Waals surface area contributed by atoms with Crippen LogP contribution in [0.15, 0.2) is 0 Å². The Hall–Kier alpha value is -0.610. The number of aliphatic hydroxyl groups is 1. The lowest BCUT2D eigenvalue weighted by molar-refractivity contribution is -0.138. The zero-order valence-electron chi connectivity index (χ0n) is 9.19. The number of amides is 1. The fraction of sp³-hybridized carbons (Fsp3) is 0.909. The molecule has 1 amide bonds. The minimum atomic E-state index is 0.0112. The van der Waals surface area contributed by atoms with Gasteiger partial charge in [0.1, 0.15) is 0 Å². The van der Waals surface area contributed by atoms with Crippen LogP contribution in [0.5, 0.6) is 0 Å². The highest BCUT2D eigenvalue weighted by atomic mass is 16.5. The van der Waals surface area contributed by atoms with E-state index in [0.29, 0.717) is 19.2 Å². The third kappa shape index (κ3) is 2.32. The molecule has 0 aromatic rings. The Kier molecular flexibility index (Phi) is 3.26. The van der Waals surface area contributed by atoms with E-state index in [1.165, 1.54) is 0 Å².